The predicted molar refractivity (Wildman–Crippen MR) is 131 cm³/mol. The topological polar surface area (TPSA) is 69.7 Å². The van der Waals surface area contributed by atoms with E-state index in [1.165, 1.54) is 4.90 Å². The van der Waals surface area contributed by atoms with Crippen molar-refractivity contribution in [3.8, 4) is 0 Å². The number of likely N-dealkylation sites (tertiary alicyclic amines) is 1. The van der Waals surface area contributed by atoms with E-state index in [4.69, 9.17) is 0 Å². The third kappa shape index (κ3) is 4.38. The normalized spacial score (nSPS) is 21.4. The van der Waals surface area contributed by atoms with Crippen molar-refractivity contribution in [1.82, 2.24) is 4.90 Å². The van der Waals surface area contributed by atoms with Gasteiger partial charge in [-0.3, -0.25) is 14.4 Å². The average molecular weight is 464 g/mol. The quantitative estimate of drug-likeness (QED) is 0.667. The Morgan fingerprint density at radius 1 is 1.06 bits per heavy atom. The molecule has 1 spiro atoms. The first kappa shape index (κ1) is 22.0. The molecule has 3 aliphatic rings. The van der Waals surface area contributed by atoms with Crippen molar-refractivity contribution in [2.24, 2.45) is 11.3 Å². The van der Waals surface area contributed by atoms with Crippen LogP contribution in [0, 0.1) is 11.3 Å². The molecular weight excluding hydrogens is 434 g/mol. The van der Waals surface area contributed by atoms with E-state index >= 15 is 0 Å². The summed E-state index contributed by atoms with van der Waals surface area (Å²) in [5, 5.41) is 3.06. The number of carbonyl (C=O) groups excluding carboxylic acids is 3. The molecule has 7 heteroatoms. The number of nitrogens with zero attached hydrogens (tertiary/aromatic N) is 2. The van der Waals surface area contributed by atoms with Gasteiger partial charge in [0.05, 0.1) is 0 Å². The minimum atomic E-state index is 0.00822. The van der Waals surface area contributed by atoms with Crippen LogP contribution in [0.25, 0.3) is 0 Å². The van der Waals surface area contributed by atoms with Gasteiger partial charge in [0.25, 0.3) is 5.91 Å². The molecular formula is C26H29N3O3S. The summed E-state index contributed by atoms with van der Waals surface area (Å²) in [7, 11) is 0. The number of rotatable bonds is 5. The van der Waals surface area contributed by atoms with Crippen molar-refractivity contribution < 1.29 is 14.4 Å². The highest BCUT2D eigenvalue weighted by Crippen LogP contribution is 2.59. The van der Waals surface area contributed by atoms with Crippen LogP contribution in [0.4, 0.5) is 11.4 Å². The van der Waals surface area contributed by atoms with E-state index in [2.05, 4.69) is 5.32 Å². The molecule has 3 amide bonds. The van der Waals surface area contributed by atoms with Crippen molar-refractivity contribution >= 4 is 40.9 Å². The molecule has 3 fully saturated rings. The SMILES string of the molecule is CSc1ccc(NC(=O)[C@@H]2CC23CCN(C(=O)c2cccc(N4CCCC4=O)c2)CC3)cc1. The molecule has 0 bridgehead atoms. The maximum Gasteiger partial charge on any atom is 0.253 e. The van der Waals surface area contributed by atoms with Gasteiger partial charge in [0, 0.05) is 53.8 Å². The summed E-state index contributed by atoms with van der Waals surface area (Å²) in [5.41, 5.74) is 2.30. The van der Waals surface area contributed by atoms with Crippen LogP contribution >= 0.6 is 11.8 Å². The Labute approximate surface area is 198 Å². The largest absolute Gasteiger partial charge is 0.339 e. The number of thioether (sulfide) groups is 1. The van der Waals surface area contributed by atoms with Crippen molar-refractivity contribution in [3.05, 3.63) is 54.1 Å². The molecule has 172 valence electrons. The number of amides is 3. The van der Waals surface area contributed by atoms with E-state index in [9.17, 15) is 14.4 Å². The van der Waals surface area contributed by atoms with Crippen LogP contribution in [0.15, 0.2) is 53.4 Å². The van der Waals surface area contributed by atoms with E-state index in [1.54, 1.807) is 16.7 Å². The molecule has 2 saturated heterocycles. The van der Waals surface area contributed by atoms with E-state index in [0.29, 0.717) is 31.6 Å². The van der Waals surface area contributed by atoms with Gasteiger partial charge in [-0.25, -0.2) is 0 Å². The monoisotopic (exact) mass is 463 g/mol. The number of anilines is 2. The Morgan fingerprint density at radius 3 is 2.48 bits per heavy atom. The van der Waals surface area contributed by atoms with Gasteiger partial charge in [-0.2, -0.15) is 0 Å². The zero-order chi connectivity index (χ0) is 23.0. The molecule has 0 unspecified atom stereocenters. The molecule has 0 aromatic heterocycles. The van der Waals surface area contributed by atoms with Gasteiger partial charge < -0.3 is 15.1 Å². The molecule has 1 aliphatic carbocycles. The molecule has 2 aromatic carbocycles. The average Bonchev–Trinajstić information content (AvgIpc) is 3.37. The molecule has 2 aliphatic heterocycles. The highest BCUT2D eigenvalue weighted by Gasteiger charge is 2.58. The van der Waals surface area contributed by atoms with Crippen molar-refractivity contribution in [3.63, 3.8) is 0 Å². The van der Waals surface area contributed by atoms with Crippen LogP contribution in [-0.2, 0) is 9.59 Å². The van der Waals surface area contributed by atoms with Crippen LogP contribution in [0.1, 0.15) is 42.5 Å². The second-order valence-electron chi connectivity index (χ2n) is 9.33. The standard InChI is InChI=1S/C26H29N3O3S/c1-33-21-9-7-19(8-10-21)27-24(31)22-17-26(22)11-14-28(15-12-26)25(32)18-4-2-5-20(16-18)29-13-3-6-23(29)30/h2,4-5,7-10,16,22H,3,6,11-15,17H2,1H3,(H,27,31)/t22-/m0/s1. The summed E-state index contributed by atoms with van der Waals surface area (Å²) in [6, 6.07) is 15.3. The van der Waals surface area contributed by atoms with Gasteiger partial charge in [0.1, 0.15) is 0 Å². The highest BCUT2D eigenvalue weighted by molar-refractivity contribution is 7.98. The lowest BCUT2D eigenvalue weighted by atomic mass is 9.90. The molecule has 33 heavy (non-hydrogen) atoms. The van der Waals surface area contributed by atoms with E-state index in [0.717, 1.165) is 37.1 Å². The summed E-state index contributed by atoms with van der Waals surface area (Å²) >= 11 is 1.68. The minimum absolute atomic E-state index is 0.00822. The third-order valence-corrected chi connectivity index (χ3v) is 8.13. The Morgan fingerprint density at radius 2 is 1.82 bits per heavy atom. The van der Waals surface area contributed by atoms with E-state index < -0.39 is 0 Å². The fraction of sp³-hybridized carbons (Fsp3) is 0.423. The number of hydrogen-bond acceptors (Lipinski definition) is 4. The van der Waals surface area contributed by atoms with Crippen molar-refractivity contribution in [2.75, 3.05) is 36.1 Å². The summed E-state index contributed by atoms with van der Waals surface area (Å²) in [5.74, 6) is 0.251. The lowest BCUT2D eigenvalue weighted by Crippen LogP contribution is -2.40. The molecule has 1 saturated carbocycles. The Bertz CT molecular complexity index is 1080. The number of carbonyl (C=O) groups is 3. The zero-order valence-electron chi connectivity index (χ0n) is 18.9. The van der Waals surface area contributed by atoms with Crippen LogP contribution in [0.2, 0.25) is 0 Å². The number of piperidine rings is 1. The number of benzene rings is 2. The van der Waals surface area contributed by atoms with E-state index in [-0.39, 0.29) is 29.1 Å². The first-order chi connectivity index (χ1) is 16.0. The van der Waals surface area contributed by atoms with Gasteiger partial charge in [-0.05, 0) is 79.8 Å². The maximum atomic E-state index is 13.1. The molecule has 5 rings (SSSR count). The molecule has 2 heterocycles. The predicted octanol–water partition coefficient (Wildman–Crippen LogP) is 4.42. The molecule has 0 radical (unpaired) electrons. The van der Waals surface area contributed by atoms with Gasteiger partial charge in [0.2, 0.25) is 11.8 Å². The fourth-order valence-corrected chi connectivity index (χ4v) is 5.65. The van der Waals surface area contributed by atoms with Crippen LogP contribution < -0.4 is 10.2 Å². The second kappa shape index (κ2) is 8.86. The number of nitrogens with one attached hydrogen (secondary N) is 1. The minimum Gasteiger partial charge on any atom is -0.339 e. The van der Waals surface area contributed by atoms with Gasteiger partial charge in [0.15, 0.2) is 0 Å². The molecule has 6 nitrogen and oxygen atoms in total. The van der Waals surface area contributed by atoms with Gasteiger partial charge in [-0.15, -0.1) is 11.8 Å². The second-order valence-corrected chi connectivity index (χ2v) is 10.2. The van der Waals surface area contributed by atoms with Crippen LogP contribution in [0.3, 0.4) is 0 Å². The fourth-order valence-electron chi connectivity index (χ4n) is 5.24. The summed E-state index contributed by atoms with van der Waals surface area (Å²) in [4.78, 5) is 42.8. The van der Waals surface area contributed by atoms with E-state index in [1.807, 2.05) is 59.7 Å². The third-order valence-electron chi connectivity index (χ3n) is 7.39. The van der Waals surface area contributed by atoms with Crippen molar-refractivity contribution in [1.29, 1.82) is 0 Å². The zero-order valence-corrected chi connectivity index (χ0v) is 19.7. The summed E-state index contributed by atoms with van der Waals surface area (Å²) in [6.45, 7) is 2.05. The summed E-state index contributed by atoms with van der Waals surface area (Å²) < 4.78 is 0. The Balaban J connectivity index is 1.17. The molecule has 1 atom stereocenters. The summed E-state index contributed by atoms with van der Waals surface area (Å²) in [6.07, 6.45) is 6.08. The highest BCUT2D eigenvalue weighted by atomic mass is 32.2. The molecule has 2 aromatic rings. The smallest absolute Gasteiger partial charge is 0.253 e. The van der Waals surface area contributed by atoms with Gasteiger partial charge in [-0.1, -0.05) is 6.07 Å². The first-order valence-corrected chi connectivity index (χ1v) is 12.9. The Kier molecular flexibility index (Phi) is 5.91. The van der Waals surface area contributed by atoms with Crippen LogP contribution in [0.5, 0.6) is 0 Å². The van der Waals surface area contributed by atoms with Crippen LogP contribution in [-0.4, -0.2) is 48.5 Å². The first-order valence-electron chi connectivity index (χ1n) is 11.6. The van der Waals surface area contributed by atoms with Crippen molar-refractivity contribution in [2.45, 2.75) is 37.0 Å². The Hall–Kier alpha value is -2.80. The van der Waals surface area contributed by atoms with Gasteiger partial charge >= 0.3 is 0 Å². The number of hydrogen-bond donors (Lipinski definition) is 1. The lowest BCUT2D eigenvalue weighted by Gasteiger charge is -2.33. The lowest BCUT2D eigenvalue weighted by molar-refractivity contribution is -0.118. The maximum absolute atomic E-state index is 13.1. The molecule has 1 N–H and O–H groups in total.